The predicted molar refractivity (Wildman–Crippen MR) is 112 cm³/mol. The van der Waals surface area contributed by atoms with E-state index in [1.165, 1.54) is 11.3 Å². The first-order valence-corrected chi connectivity index (χ1v) is 10.00. The SMILES string of the molecule is COc1ccc(C(=O)Nc2nc(-c3cccs3)c(-c3ccccc3)s2)cc1. The fourth-order valence-corrected chi connectivity index (χ4v) is 4.42. The van der Waals surface area contributed by atoms with E-state index in [4.69, 9.17) is 9.72 Å². The monoisotopic (exact) mass is 392 g/mol. The zero-order valence-corrected chi connectivity index (χ0v) is 16.1. The summed E-state index contributed by atoms with van der Waals surface area (Å²) in [6.07, 6.45) is 0. The molecule has 27 heavy (non-hydrogen) atoms. The number of benzene rings is 2. The summed E-state index contributed by atoms with van der Waals surface area (Å²) >= 11 is 3.12. The Morgan fingerprint density at radius 3 is 2.44 bits per heavy atom. The number of nitrogens with zero attached hydrogens (tertiary/aromatic N) is 1. The molecule has 0 atom stereocenters. The number of rotatable bonds is 5. The Morgan fingerprint density at radius 1 is 1.00 bits per heavy atom. The molecule has 2 aromatic carbocycles. The maximum Gasteiger partial charge on any atom is 0.257 e. The number of thiazole rings is 1. The molecule has 0 bridgehead atoms. The second kappa shape index (κ2) is 7.73. The Kier molecular flexibility index (Phi) is 5.00. The molecule has 0 radical (unpaired) electrons. The van der Waals surface area contributed by atoms with Crippen molar-refractivity contribution in [2.45, 2.75) is 0 Å². The van der Waals surface area contributed by atoms with E-state index < -0.39 is 0 Å². The first-order valence-electron chi connectivity index (χ1n) is 8.30. The normalized spacial score (nSPS) is 10.6. The van der Waals surface area contributed by atoms with Crippen molar-refractivity contribution in [1.82, 2.24) is 4.98 Å². The van der Waals surface area contributed by atoms with Crippen LogP contribution in [-0.2, 0) is 0 Å². The van der Waals surface area contributed by atoms with E-state index in [9.17, 15) is 4.79 Å². The van der Waals surface area contributed by atoms with Crippen molar-refractivity contribution in [3.63, 3.8) is 0 Å². The van der Waals surface area contributed by atoms with Crippen LogP contribution in [0.5, 0.6) is 5.75 Å². The largest absolute Gasteiger partial charge is 0.497 e. The summed E-state index contributed by atoms with van der Waals surface area (Å²) in [5.74, 6) is 0.524. The van der Waals surface area contributed by atoms with Crippen LogP contribution in [0.4, 0.5) is 5.13 Å². The van der Waals surface area contributed by atoms with Crippen molar-refractivity contribution >= 4 is 33.7 Å². The minimum Gasteiger partial charge on any atom is -0.497 e. The van der Waals surface area contributed by atoms with Gasteiger partial charge >= 0.3 is 0 Å². The Hall–Kier alpha value is -2.96. The number of nitrogens with one attached hydrogen (secondary N) is 1. The van der Waals surface area contributed by atoms with Crippen molar-refractivity contribution in [3.05, 3.63) is 77.7 Å². The van der Waals surface area contributed by atoms with Crippen molar-refractivity contribution in [3.8, 4) is 26.8 Å². The lowest BCUT2D eigenvalue weighted by molar-refractivity contribution is 0.102. The van der Waals surface area contributed by atoms with Gasteiger partial charge in [0.05, 0.1) is 16.9 Å². The second-order valence-electron chi connectivity index (χ2n) is 5.72. The van der Waals surface area contributed by atoms with E-state index in [0.29, 0.717) is 16.4 Å². The van der Waals surface area contributed by atoms with Gasteiger partial charge in [-0.2, -0.15) is 0 Å². The Labute approximate surface area is 165 Å². The third-order valence-corrected chi connectivity index (χ3v) is 5.89. The van der Waals surface area contributed by atoms with Crippen LogP contribution in [0.1, 0.15) is 10.4 Å². The molecule has 0 saturated carbocycles. The van der Waals surface area contributed by atoms with Crippen LogP contribution in [0.15, 0.2) is 72.1 Å². The summed E-state index contributed by atoms with van der Waals surface area (Å²) in [4.78, 5) is 19.4. The fourth-order valence-electron chi connectivity index (χ4n) is 2.65. The van der Waals surface area contributed by atoms with Crippen molar-refractivity contribution in [2.24, 2.45) is 0 Å². The molecule has 4 aromatic rings. The molecular weight excluding hydrogens is 376 g/mol. The van der Waals surface area contributed by atoms with Gasteiger partial charge in [0.1, 0.15) is 11.4 Å². The number of ether oxygens (including phenoxy) is 1. The third kappa shape index (κ3) is 3.77. The minimum absolute atomic E-state index is 0.191. The first kappa shape index (κ1) is 17.5. The topological polar surface area (TPSA) is 51.2 Å². The van der Waals surface area contributed by atoms with Crippen LogP contribution >= 0.6 is 22.7 Å². The zero-order chi connectivity index (χ0) is 18.6. The molecule has 0 aliphatic carbocycles. The highest BCUT2D eigenvalue weighted by molar-refractivity contribution is 7.20. The molecule has 1 amide bonds. The van der Waals surface area contributed by atoms with E-state index in [2.05, 4.69) is 17.4 Å². The Bertz CT molecular complexity index is 1040. The van der Waals surface area contributed by atoms with Crippen molar-refractivity contribution in [2.75, 3.05) is 12.4 Å². The summed E-state index contributed by atoms with van der Waals surface area (Å²) < 4.78 is 5.14. The van der Waals surface area contributed by atoms with Gasteiger partial charge in [0, 0.05) is 5.56 Å². The molecule has 0 saturated heterocycles. The number of hydrogen-bond donors (Lipinski definition) is 1. The van der Waals surface area contributed by atoms with Crippen LogP contribution in [0.25, 0.3) is 21.0 Å². The predicted octanol–water partition coefficient (Wildman–Crippen LogP) is 5.80. The van der Waals surface area contributed by atoms with Gasteiger partial charge in [-0.15, -0.1) is 11.3 Å². The van der Waals surface area contributed by atoms with Crippen molar-refractivity contribution in [1.29, 1.82) is 0 Å². The fraction of sp³-hybridized carbons (Fsp3) is 0.0476. The number of thiophene rings is 1. The molecule has 0 aliphatic rings. The van der Waals surface area contributed by atoms with Gasteiger partial charge in [0.25, 0.3) is 5.91 Å². The molecule has 0 spiro atoms. The Balaban J connectivity index is 1.66. The molecule has 4 rings (SSSR count). The van der Waals surface area contributed by atoms with Gasteiger partial charge in [-0.05, 0) is 41.3 Å². The average molecular weight is 393 g/mol. The molecule has 0 unspecified atom stereocenters. The second-order valence-corrected chi connectivity index (χ2v) is 7.67. The van der Waals surface area contributed by atoms with E-state index in [1.54, 1.807) is 42.7 Å². The van der Waals surface area contributed by atoms with Gasteiger partial charge in [-0.1, -0.05) is 47.7 Å². The van der Waals surface area contributed by atoms with E-state index in [1.807, 2.05) is 35.7 Å². The summed E-state index contributed by atoms with van der Waals surface area (Å²) in [6, 6.07) is 21.2. The number of aromatic nitrogens is 1. The van der Waals surface area contributed by atoms with Gasteiger partial charge in [-0.25, -0.2) is 4.98 Å². The number of methoxy groups -OCH3 is 1. The lowest BCUT2D eigenvalue weighted by Crippen LogP contribution is -2.11. The summed E-state index contributed by atoms with van der Waals surface area (Å²) in [5.41, 5.74) is 2.54. The highest BCUT2D eigenvalue weighted by atomic mass is 32.1. The molecular formula is C21H16N2O2S2. The van der Waals surface area contributed by atoms with E-state index in [0.717, 1.165) is 21.0 Å². The van der Waals surface area contributed by atoms with Crippen molar-refractivity contribution < 1.29 is 9.53 Å². The smallest absolute Gasteiger partial charge is 0.257 e. The van der Waals surface area contributed by atoms with Crippen LogP contribution in [0, 0.1) is 0 Å². The van der Waals surface area contributed by atoms with Crippen LogP contribution in [0.2, 0.25) is 0 Å². The van der Waals surface area contributed by atoms with E-state index >= 15 is 0 Å². The van der Waals surface area contributed by atoms with E-state index in [-0.39, 0.29) is 5.91 Å². The highest BCUT2D eigenvalue weighted by Crippen LogP contribution is 2.40. The third-order valence-electron chi connectivity index (χ3n) is 3.99. The summed E-state index contributed by atoms with van der Waals surface area (Å²) in [5, 5.41) is 5.53. The number of amides is 1. The standard InChI is InChI=1S/C21H16N2O2S2/c1-25-16-11-9-15(10-12-16)20(24)23-21-22-18(17-8-5-13-26-17)19(27-21)14-6-3-2-4-7-14/h2-13H,1H3,(H,22,23,24). The average Bonchev–Trinajstić information content (AvgIpc) is 3.38. The minimum atomic E-state index is -0.191. The number of hydrogen-bond acceptors (Lipinski definition) is 5. The maximum absolute atomic E-state index is 12.6. The molecule has 2 aromatic heterocycles. The summed E-state index contributed by atoms with van der Waals surface area (Å²) in [7, 11) is 1.60. The van der Waals surface area contributed by atoms with Crippen LogP contribution < -0.4 is 10.1 Å². The molecule has 6 heteroatoms. The molecule has 4 nitrogen and oxygen atoms in total. The van der Waals surface area contributed by atoms with Gasteiger partial charge in [0.15, 0.2) is 5.13 Å². The molecule has 2 heterocycles. The van der Waals surface area contributed by atoms with Crippen LogP contribution in [0.3, 0.4) is 0 Å². The molecule has 1 N–H and O–H groups in total. The Morgan fingerprint density at radius 2 is 1.78 bits per heavy atom. The van der Waals surface area contributed by atoms with Gasteiger partial charge in [0.2, 0.25) is 0 Å². The number of anilines is 1. The highest BCUT2D eigenvalue weighted by Gasteiger charge is 2.17. The lowest BCUT2D eigenvalue weighted by atomic mass is 10.1. The maximum atomic E-state index is 12.6. The number of carbonyl (C=O) groups is 1. The quantitative estimate of drug-likeness (QED) is 0.467. The van der Waals surface area contributed by atoms with Crippen LogP contribution in [-0.4, -0.2) is 18.0 Å². The number of carbonyl (C=O) groups excluding carboxylic acids is 1. The van der Waals surface area contributed by atoms with Gasteiger partial charge < -0.3 is 4.74 Å². The molecule has 0 fully saturated rings. The first-order chi connectivity index (χ1) is 13.2. The molecule has 134 valence electrons. The molecule has 0 aliphatic heterocycles. The summed E-state index contributed by atoms with van der Waals surface area (Å²) in [6.45, 7) is 0. The lowest BCUT2D eigenvalue weighted by Gasteiger charge is -2.03. The van der Waals surface area contributed by atoms with Gasteiger partial charge in [-0.3, -0.25) is 10.1 Å². The zero-order valence-electron chi connectivity index (χ0n) is 14.5.